The van der Waals surface area contributed by atoms with Gasteiger partial charge < -0.3 is 4.74 Å². The number of benzene rings is 2. The maximum atomic E-state index is 12.6. The van der Waals surface area contributed by atoms with Crippen LogP contribution in [0.5, 0.6) is 0 Å². The lowest BCUT2D eigenvalue weighted by Crippen LogP contribution is -2.31. The maximum Gasteiger partial charge on any atom is 0.296 e. The third-order valence-corrected chi connectivity index (χ3v) is 7.13. The molecule has 0 radical (unpaired) electrons. The number of aryl methyl sites for hydroxylation is 1. The van der Waals surface area contributed by atoms with Crippen molar-refractivity contribution in [2.24, 2.45) is 5.41 Å². The van der Waals surface area contributed by atoms with E-state index in [1.807, 2.05) is 25.1 Å². The molecule has 0 atom stereocenters. The van der Waals surface area contributed by atoms with Crippen LogP contribution >= 0.6 is 0 Å². The van der Waals surface area contributed by atoms with Crippen LogP contribution in [0.25, 0.3) is 0 Å². The van der Waals surface area contributed by atoms with E-state index in [1.165, 1.54) is 12.0 Å². The fraction of sp³-hybridized carbons (Fsp3) is 0.500. The minimum absolute atomic E-state index is 0.0634. The van der Waals surface area contributed by atoms with Gasteiger partial charge in [0.25, 0.3) is 10.1 Å². The summed E-state index contributed by atoms with van der Waals surface area (Å²) in [6.45, 7) is 3.50. The molecule has 0 bridgehead atoms. The van der Waals surface area contributed by atoms with Crippen molar-refractivity contribution in [1.82, 2.24) is 0 Å². The van der Waals surface area contributed by atoms with Crippen molar-refractivity contribution in [2.75, 3.05) is 13.2 Å². The lowest BCUT2D eigenvalue weighted by Gasteiger charge is -2.37. The second kappa shape index (κ2) is 10.4. The lowest BCUT2D eigenvalue weighted by molar-refractivity contribution is 0.0639. The van der Waals surface area contributed by atoms with E-state index in [1.54, 1.807) is 24.3 Å². The Hall–Kier alpha value is -1.69. The molecule has 2 aromatic rings. The Morgan fingerprint density at radius 2 is 1.62 bits per heavy atom. The van der Waals surface area contributed by atoms with Crippen LogP contribution in [0, 0.1) is 12.3 Å². The summed E-state index contributed by atoms with van der Waals surface area (Å²) >= 11 is 0. The number of rotatable bonds is 10. The van der Waals surface area contributed by atoms with E-state index in [2.05, 4.69) is 12.1 Å². The molecule has 5 heteroatoms. The standard InChI is InChI=1S/C24H32O4S/c1-21-11-13-23(14-12-21)29(25,26)28-20-24(15-6-3-7-16-24)17-8-18-27-19-22-9-4-2-5-10-22/h2,4-5,9-14H,3,6-8,15-20H2,1H3. The van der Waals surface area contributed by atoms with Crippen molar-refractivity contribution in [3.63, 3.8) is 0 Å². The predicted molar refractivity (Wildman–Crippen MR) is 115 cm³/mol. The highest BCUT2D eigenvalue weighted by atomic mass is 32.2. The van der Waals surface area contributed by atoms with Gasteiger partial charge in [-0.2, -0.15) is 8.42 Å². The highest BCUT2D eigenvalue weighted by molar-refractivity contribution is 7.86. The molecule has 1 fully saturated rings. The third-order valence-electron chi connectivity index (χ3n) is 5.85. The molecule has 0 unspecified atom stereocenters. The van der Waals surface area contributed by atoms with E-state index in [-0.39, 0.29) is 16.9 Å². The first-order valence-electron chi connectivity index (χ1n) is 10.6. The summed E-state index contributed by atoms with van der Waals surface area (Å²) in [6.07, 6.45) is 7.39. The van der Waals surface area contributed by atoms with Gasteiger partial charge in [-0.25, -0.2) is 0 Å². The minimum Gasteiger partial charge on any atom is -0.377 e. The van der Waals surface area contributed by atoms with Crippen molar-refractivity contribution < 1.29 is 17.3 Å². The second-order valence-electron chi connectivity index (χ2n) is 8.23. The Balaban J connectivity index is 1.52. The van der Waals surface area contributed by atoms with Crippen LogP contribution in [0.1, 0.15) is 56.1 Å². The summed E-state index contributed by atoms with van der Waals surface area (Å²) in [6, 6.07) is 17.0. The first-order chi connectivity index (χ1) is 14.0. The summed E-state index contributed by atoms with van der Waals surface area (Å²) < 4.78 is 36.6. The number of ether oxygens (including phenoxy) is 1. The Labute approximate surface area is 175 Å². The zero-order valence-corrected chi connectivity index (χ0v) is 18.1. The molecule has 0 heterocycles. The normalized spacial score (nSPS) is 16.6. The molecule has 1 aliphatic rings. The van der Waals surface area contributed by atoms with E-state index >= 15 is 0 Å². The van der Waals surface area contributed by atoms with E-state index < -0.39 is 10.1 Å². The highest BCUT2D eigenvalue weighted by Crippen LogP contribution is 2.41. The van der Waals surface area contributed by atoms with Crippen LogP contribution in [0.4, 0.5) is 0 Å². The largest absolute Gasteiger partial charge is 0.377 e. The summed E-state index contributed by atoms with van der Waals surface area (Å²) in [5.41, 5.74) is 2.14. The molecule has 0 aromatic heterocycles. The average Bonchev–Trinajstić information content (AvgIpc) is 2.74. The van der Waals surface area contributed by atoms with Crippen LogP contribution in [-0.2, 0) is 25.6 Å². The van der Waals surface area contributed by atoms with E-state index in [4.69, 9.17) is 8.92 Å². The molecule has 0 spiro atoms. The first kappa shape index (κ1) is 22.0. The molecule has 1 saturated carbocycles. The van der Waals surface area contributed by atoms with Gasteiger partial charge in [-0.1, -0.05) is 67.3 Å². The second-order valence-corrected chi connectivity index (χ2v) is 9.85. The van der Waals surface area contributed by atoms with Crippen LogP contribution in [0.2, 0.25) is 0 Å². The Morgan fingerprint density at radius 1 is 0.931 bits per heavy atom. The summed E-state index contributed by atoms with van der Waals surface area (Å²) in [5, 5.41) is 0. The highest BCUT2D eigenvalue weighted by Gasteiger charge is 2.34. The van der Waals surface area contributed by atoms with Crippen molar-refractivity contribution in [3.05, 3.63) is 65.7 Å². The summed E-state index contributed by atoms with van der Waals surface area (Å²) in [7, 11) is -3.72. The van der Waals surface area contributed by atoms with Crippen LogP contribution < -0.4 is 0 Å². The fourth-order valence-electron chi connectivity index (χ4n) is 4.06. The molecule has 3 rings (SSSR count). The quantitative estimate of drug-likeness (QED) is 0.371. The van der Waals surface area contributed by atoms with Crippen molar-refractivity contribution in [2.45, 2.75) is 63.4 Å². The molecule has 0 amide bonds. The molecule has 0 aliphatic heterocycles. The molecule has 29 heavy (non-hydrogen) atoms. The monoisotopic (exact) mass is 416 g/mol. The molecule has 158 valence electrons. The van der Waals surface area contributed by atoms with Crippen molar-refractivity contribution in [1.29, 1.82) is 0 Å². The smallest absolute Gasteiger partial charge is 0.296 e. The van der Waals surface area contributed by atoms with Crippen molar-refractivity contribution >= 4 is 10.1 Å². The molecule has 2 aromatic carbocycles. The zero-order valence-electron chi connectivity index (χ0n) is 17.3. The fourth-order valence-corrected chi connectivity index (χ4v) is 5.07. The predicted octanol–water partition coefficient (Wildman–Crippen LogP) is 5.65. The molecular formula is C24H32O4S. The topological polar surface area (TPSA) is 52.6 Å². The van der Waals surface area contributed by atoms with E-state index in [0.29, 0.717) is 13.2 Å². The van der Waals surface area contributed by atoms with E-state index in [9.17, 15) is 8.42 Å². The maximum absolute atomic E-state index is 12.6. The van der Waals surface area contributed by atoms with Gasteiger partial charge in [0.2, 0.25) is 0 Å². The van der Waals surface area contributed by atoms with Gasteiger partial charge in [-0.3, -0.25) is 4.18 Å². The first-order valence-corrected chi connectivity index (χ1v) is 12.0. The van der Waals surface area contributed by atoms with Gasteiger partial charge in [0.05, 0.1) is 18.1 Å². The molecule has 0 N–H and O–H groups in total. The van der Waals surface area contributed by atoms with Crippen LogP contribution in [0.3, 0.4) is 0 Å². The van der Waals surface area contributed by atoms with Gasteiger partial charge in [0, 0.05) is 6.61 Å². The molecular weight excluding hydrogens is 384 g/mol. The van der Waals surface area contributed by atoms with Gasteiger partial charge in [-0.05, 0) is 55.7 Å². The summed E-state index contributed by atoms with van der Waals surface area (Å²) in [4.78, 5) is 0.236. The van der Waals surface area contributed by atoms with E-state index in [0.717, 1.165) is 44.1 Å². The third kappa shape index (κ3) is 6.66. The van der Waals surface area contributed by atoms with Gasteiger partial charge in [0.1, 0.15) is 0 Å². The Kier molecular flexibility index (Phi) is 7.87. The van der Waals surface area contributed by atoms with Gasteiger partial charge in [0.15, 0.2) is 0 Å². The zero-order chi connectivity index (χ0) is 20.6. The molecule has 4 nitrogen and oxygen atoms in total. The Bertz CT molecular complexity index is 838. The van der Waals surface area contributed by atoms with Gasteiger partial charge >= 0.3 is 0 Å². The summed E-state index contributed by atoms with van der Waals surface area (Å²) in [5.74, 6) is 0. The van der Waals surface area contributed by atoms with Gasteiger partial charge in [-0.15, -0.1) is 0 Å². The number of hydrogen-bond donors (Lipinski definition) is 0. The number of hydrogen-bond acceptors (Lipinski definition) is 4. The Morgan fingerprint density at radius 3 is 2.31 bits per heavy atom. The van der Waals surface area contributed by atoms with Crippen LogP contribution in [0.15, 0.2) is 59.5 Å². The SMILES string of the molecule is Cc1ccc(S(=O)(=O)OCC2(CCCOCc3ccccc3)CCCCC2)cc1. The molecule has 1 aliphatic carbocycles. The van der Waals surface area contributed by atoms with Crippen LogP contribution in [-0.4, -0.2) is 21.6 Å². The lowest BCUT2D eigenvalue weighted by atomic mass is 9.72. The molecule has 0 saturated heterocycles. The average molecular weight is 417 g/mol. The minimum atomic E-state index is -3.72. The van der Waals surface area contributed by atoms with Crippen molar-refractivity contribution in [3.8, 4) is 0 Å².